The van der Waals surface area contributed by atoms with E-state index in [9.17, 15) is 14.4 Å². The number of amides is 2. The summed E-state index contributed by atoms with van der Waals surface area (Å²) in [6.45, 7) is 2.09. The van der Waals surface area contributed by atoms with Gasteiger partial charge in [0, 0.05) is 44.6 Å². The van der Waals surface area contributed by atoms with E-state index in [1.807, 2.05) is 61.5 Å². The second-order valence-electron chi connectivity index (χ2n) is 11.0. The van der Waals surface area contributed by atoms with E-state index in [2.05, 4.69) is 15.6 Å². The van der Waals surface area contributed by atoms with Crippen LogP contribution in [-0.4, -0.2) is 72.7 Å². The summed E-state index contributed by atoms with van der Waals surface area (Å²) < 4.78 is 18.4. The zero-order chi connectivity index (χ0) is 30.8. The minimum atomic E-state index is -1.15. The Morgan fingerprint density at radius 2 is 1.80 bits per heavy atom. The van der Waals surface area contributed by atoms with Crippen molar-refractivity contribution < 1.29 is 28.6 Å². The van der Waals surface area contributed by atoms with Gasteiger partial charge < -0.3 is 24.4 Å². The van der Waals surface area contributed by atoms with Crippen LogP contribution in [0.1, 0.15) is 41.7 Å². The van der Waals surface area contributed by atoms with Crippen molar-refractivity contribution in [1.29, 1.82) is 0 Å². The molecule has 44 heavy (non-hydrogen) atoms. The largest absolute Gasteiger partial charge is 0.454 e. The molecule has 12 heteroatoms. The number of nitrogens with zero attached hydrogens (tertiary/aromatic N) is 5. The SMILES string of the molecule is CC(=O)c1cc2c(cc1N(C(=O)Cn1nnc3ccccc31)[C@@H](C(=O)NC[C@H]1CCCO1)c1ccc(N(C)C)cc1)OCO2. The van der Waals surface area contributed by atoms with Gasteiger partial charge in [-0.1, -0.05) is 29.5 Å². The van der Waals surface area contributed by atoms with Crippen molar-refractivity contribution in [3.8, 4) is 11.5 Å². The summed E-state index contributed by atoms with van der Waals surface area (Å²) in [5, 5.41) is 11.4. The molecule has 2 atom stereocenters. The molecule has 2 aliphatic heterocycles. The lowest BCUT2D eigenvalue weighted by Crippen LogP contribution is -2.47. The Morgan fingerprint density at radius 1 is 1.05 bits per heavy atom. The minimum Gasteiger partial charge on any atom is -0.454 e. The number of para-hydroxylation sites is 1. The van der Waals surface area contributed by atoms with Gasteiger partial charge in [-0.3, -0.25) is 19.3 Å². The Labute approximate surface area is 254 Å². The molecule has 0 aliphatic carbocycles. The van der Waals surface area contributed by atoms with E-state index in [4.69, 9.17) is 14.2 Å². The maximum absolute atomic E-state index is 14.5. The van der Waals surface area contributed by atoms with Crippen molar-refractivity contribution in [2.45, 2.75) is 38.5 Å². The summed E-state index contributed by atoms with van der Waals surface area (Å²) in [5.41, 5.74) is 3.21. The Bertz CT molecular complexity index is 1700. The number of hydrogen-bond donors (Lipinski definition) is 1. The van der Waals surface area contributed by atoms with Crippen molar-refractivity contribution >= 4 is 40.0 Å². The van der Waals surface area contributed by atoms with Crippen LogP contribution in [0.25, 0.3) is 11.0 Å². The van der Waals surface area contributed by atoms with Crippen LogP contribution < -0.4 is 24.6 Å². The van der Waals surface area contributed by atoms with Crippen LogP contribution in [-0.2, 0) is 20.9 Å². The van der Waals surface area contributed by atoms with Gasteiger partial charge in [-0.15, -0.1) is 5.10 Å². The lowest BCUT2D eigenvalue weighted by molar-refractivity contribution is -0.127. The molecule has 12 nitrogen and oxygen atoms in total. The predicted octanol–water partition coefficient (Wildman–Crippen LogP) is 3.50. The average Bonchev–Trinajstić information content (AvgIpc) is 3.80. The number of ketones is 1. The third-order valence-corrected chi connectivity index (χ3v) is 7.86. The lowest BCUT2D eigenvalue weighted by atomic mass is 9.99. The molecule has 4 aromatic rings. The quantitative estimate of drug-likeness (QED) is 0.273. The molecule has 1 saturated heterocycles. The van der Waals surface area contributed by atoms with Crippen molar-refractivity contribution in [1.82, 2.24) is 20.3 Å². The fourth-order valence-electron chi connectivity index (χ4n) is 5.56. The van der Waals surface area contributed by atoms with E-state index in [0.29, 0.717) is 41.2 Å². The number of carbonyl (C=O) groups excluding carboxylic acids is 3. The van der Waals surface area contributed by atoms with Crippen LogP contribution >= 0.6 is 0 Å². The van der Waals surface area contributed by atoms with E-state index in [1.165, 1.54) is 16.5 Å². The maximum Gasteiger partial charge on any atom is 0.249 e. The molecule has 1 aromatic heterocycles. The van der Waals surface area contributed by atoms with Crippen LogP contribution in [0.5, 0.6) is 11.5 Å². The van der Waals surface area contributed by atoms with Crippen LogP contribution in [0.2, 0.25) is 0 Å². The first-order valence-electron chi connectivity index (χ1n) is 14.5. The molecule has 1 N–H and O–H groups in total. The molecular weight excluding hydrogens is 564 g/mol. The standard InChI is InChI=1S/C32H34N6O6/c1-20(39)24-15-28-29(44-19-43-28)16-27(24)38(30(40)18-37-26-9-5-4-8-25(26)34-35-37)31(21-10-12-22(13-11-21)36(2)3)32(41)33-17-23-7-6-14-42-23/h4-5,8-13,15-16,23,31H,6-7,14,17-19H2,1-3H3,(H,33,41)/t23-,31-/m1/s1. The van der Waals surface area contributed by atoms with Gasteiger partial charge in [-0.2, -0.15) is 0 Å². The molecular formula is C32H34N6O6. The lowest BCUT2D eigenvalue weighted by Gasteiger charge is -2.33. The Kier molecular flexibility index (Phi) is 8.16. The summed E-state index contributed by atoms with van der Waals surface area (Å²) in [6, 6.07) is 16.7. The third-order valence-electron chi connectivity index (χ3n) is 7.86. The molecule has 2 amide bonds. The zero-order valence-corrected chi connectivity index (χ0v) is 24.9. The van der Waals surface area contributed by atoms with Crippen molar-refractivity contribution in [2.75, 3.05) is 43.8 Å². The van der Waals surface area contributed by atoms with Gasteiger partial charge in [0.05, 0.1) is 17.3 Å². The number of rotatable bonds is 10. The summed E-state index contributed by atoms with van der Waals surface area (Å²) >= 11 is 0. The third kappa shape index (κ3) is 5.80. The average molecular weight is 599 g/mol. The van der Waals surface area contributed by atoms with Crippen molar-refractivity contribution in [3.63, 3.8) is 0 Å². The topological polar surface area (TPSA) is 128 Å². The summed E-state index contributed by atoms with van der Waals surface area (Å²) in [4.78, 5) is 45.1. The van der Waals surface area contributed by atoms with Crippen LogP contribution in [0.4, 0.5) is 11.4 Å². The maximum atomic E-state index is 14.5. The fraction of sp³-hybridized carbons (Fsp3) is 0.344. The molecule has 0 spiro atoms. The number of hydrogen-bond acceptors (Lipinski definition) is 9. The van der Waals surface area contributed by atoms with Gasteiger partial charge in [0.2, 0.25) is 18.6 Å². The summed E-state index contributed by atoms with van der Waals surface area (Å²) in [6.07, 6.45) is 1.65. The van der Waals surface area contributed by atoms with Crippen LogP contribution in [0, 0.1) is 0 Å². The predicted molar refractivity (Wildman–Crippen MR) is 163 cm³/mol. The van der Waals surface area contributed by atoms with E-state index in [-0.39, 0.29) is 36.5 Å². The van der Waals surface area contributed by atoms with Crippen molar-refractivity contribution in [3.05, 3.63) is 71.8 Å². The Morgan fingerprint density at radius 3 is 2.50 bits per heavy atom. The minimum absolute atomic E-state index is 0.0215. The normalized spacial score (nSPS) is 16.1. The molecule has 6 rings (SSSR count). The van der Waals surface area contributed by atoms with E-state index < -0.39 is 17.9 Å². The highest BCUT2D eigenvalue weighted by molar-refractivity contribution is 6.08. The smallest absolute Gasteiger partial charge is 0.249 e. The highest BCUT2D eigenvalue weighted by Crippen LogP contribution is 2.41. The molecule has 3 aromatic carbocycles. The first-order chi connectivity index (χ1) is 21.3. The van der Waals surface area contributed by atoms with E-state index >= 15 is 0 Å². The molecule has 0 bridgehead atoms. The van der Waals surface area contributed by atoms with E-state index in [1.54, 1.807) is 18.2 Å². The van der Waals surface area contributed by atoms with Gasteiger partial charge >= 0.3 is 0 Å². The number of anilines is 2. The molecule has 0 radical (unpaired) electrons. The molecule has 1 fully saturated rings. The van der Waals surface area contributed by atoms with Gasteiger partial charge in [-0.05, 0) is 55.7 Å². The fourth-order valence-corrected chi connectivity index (χ4v) is 5.56. The van der Waals surface area contributed by atoms with Gasteiger partial charge in [-0.25, -0.2) is 4.68 Å². The Hall–Kier alpha value is -4.97. The van der Waals surface area contributed by atoms with Crippen LogP contribution in [0.3, 0.4) is 0 Å². The number of ether oxygens (including phenoxy) is 3. The van der Waals surface area contributed by atoms with E-state index in [0.717, 1.165) is 18.5 Å². The highest BCUT2D eigenvalue weighted by atomic mass is 16.7. The number of aromatic nitrogens is 3. The van der Waals surface area contributed by atoms with Gasteiger partial charge in [0.15, 0.2) is 17.3 Å². The molecule has 228 valence electrons. The first-order valence-corrected chi connectivity index (χ1v) is 14.5. The molecule has 2 aliphatic rings. The highest BCUT2D eigenvalue weighted by Gasteiger charge is 2.37. The monoisotopic (exact) mass is 598 g/mol. The molecule has 3 heterocycles. The van der Waals surface area contributed by atoms with Gasteiger partial charge in [0.1, 0.15) is 18.1 Å². The van der Waals surface area contributed by atoms with Gasteiger partial charge in [0.25, 0.3) is 0 Å². The molecule has 0 saturated carbocycles. The number of fused-ring (bicyclic) bond motifs is 2. The number of carbonyl (C=O) groups is 3. The number of benzene rings is 3. The van der Waals surface area contributed by atoms with Crippen LogP contribution in [0.15, 0.2) is 60.7 Å². The zero-order valence-electron chi connectivity index (χ0n) is 24.9. The van der Waals surface area contributed by atoms with Crippen molar-refractivity contribution in [2.24, 2.45) is 0 Å². The number of nitrogens with one attached hydrogen (secondary N) is 1. The second kappa shape index (κ2) is 12.3. The summed E-state index contributed by atoms with van der Waals surface area (Å²) in [5.74, 6) is -0.430. The molecule has 0 unspecified atom stereocenters. The first kappa shape index (κ1) is 29.1. The second-order valence-corrected chi connectivity index (χ2v) is 11.0. The number of Topliss-reactive ketones (excluding diaryl/α,β-unsaturated/α-hetero) is 1. The Balaban J connectivity index is 1.48. The summed E-state index contributed by atoms with van der Waals surface area (Å²) in [7, 11) is 3.84.